The summed E-state index contributed by atoms with van der Waals surface area (Å²) in [6, 6.07) is 15.2. The molecule has 1 fully saturated rings. The number of nitrogens with one attached hydrogen (secondary N) is 2. The molecular formula is C23H26N4O3. The third-order valence-corrected chi connectivity index (χ3v) is 5.82. The lowest BCUT2D eigenvalue weighted by molar-refractivity contribution is -0.132. The first-order chi connectivity index (χ1) is 14.5. The van der Waals surface area contributed by atoms with Gasteiger partial charge in [-0.1, -0.05) is 30.3 Å². The molecule has 3 aromatic rings. The van der Waals surface area contributed by atoms with Crippen LogP contribution in [0.2, 0.25) is 0 Å². The molecule has 1 aliphatic heterocycles. The van der Waals surface area contributed by atoms with E-state index >= 15 is 0 Å². The Balaban J connectivity index is 1.29. The van der Waals surface area contributed by atoms with Gasteiger partial charge in [0, 0.05) is 37.7 Å². The van der Waals surface area contributed by atoms with Gasteiger partial charge in [0.2, 0.25) is 5.91 Å². The Bertz CT molecular complexity index is 1120. The van der Waals surface area contributed by atoms with Crippen LogP contribution in [0.4, 0.5) is 0 Å². The maximum absolute atomic E-state index is 12.6. The van der Waals surface area contributed by atoms with E-state index in [0.717, 1.165) is 29.4 Å². The molecule has 0 unspecified atom stereocenters. The van der Waals surface area contributed by atoms with Crippen LogP contribution in [0.15, 0.2) is 53.3 Å². The largest absolute Gasteiger partial charge is 0.352 e. The molecule has 7 heteroatoms. The van der Waals surface area contributed by atoms with Crippen molar-refractivity contribution in [3.63, 3.8) is 0 Å². The molecule has 0 saturated carbocycles. The average Bonchev–Trinajstić information content (AvgIpc) is 3.09. The zero-order valence-corrected chi connectivity index (χ0v) is 17.1. The Morgan fingerprint density at radius 1 is 1.07 bits per heavy atom. The van der Waals surface area contributed by atoms with Crippen LogP contribution in [-0.4, -0.2) is 45.9 Å². The predicted octanol–water partition coefficient (Wildman–Crippen LogP) is 2.62. The van der Waals surface area contributed by atoms with Crippen LogP contribution in [0.1, 0.15) is 41.2 Å². The minimum Gasteiger partial charge on any atom is -0.352 e. The van der Waals surface area contributed by atoms with Gasteiger partial charge in [0.1, 0.15) is 0 Å². The molecular weight excluding hydrogens is 380 g/mol. The number of amides is 2. The predicted molar refractivity (Wildman–Crippen MR) is 116 cm³/mol. The first-order valence-electron chi connectivity index (χ1n) is 10.4. The zero-order valence-electron chi connectivity index (χ0n) is 17.1. The van der Waals surface area contributed by atoms with Crippen molar-refractivity contribution in [2.75, 3.05) is 19.6 Å². The van der Waals surface area contributed by atoms with E-state index in [9.17, 15) is 14.4 Å². The van der Waals surface area contributed by atoms with Gasteiger partial charge >= 0.3 is 5.69 Å². The number of likely N-dealkylation sites (tertiary alicyclic amines) is 1. The Hall–Kier alpha value is -3.35. The number of hydrogen-bond acceptors (Lipinski definition) is 3. The Morgan fingerprint density at radius 3 is 2.53 bits per heavy atom. The SMILES string of the molecule is Cc1ccccc1C(=O)NCCC(=O)N1CCC(n2c(=O)[nH]c3ccccc32)CC1. The van der Waals surface area contributed by atoms with Gasteiger partial charge in [0.15, 0.2) is 0 Å². The molecule has 2 heterocycles. The van der Waals surface area contributed by atoms with Gasteiger partial charge in [-0.25, -0.2) is 4.79 Å². The van der Waals surface area contributed by atoms with Crippen molar-refractivity contribution in [2.45, 2.75) is 32.2 Å². The molecule has 1 saturated heterocycles. The highest BCUT2D eigenvalue weighted by atomic mass is 16.2. The molecule has 4 rings (SSSR count). The summed E-state index contributed by atoms with van der Waals surface area (Å²) < 4.78 is 1.82. The molecule has 0 radical (unpaired) electrons. The van der Waals surface area contributed by atoms with Crippen molar-refractivity contribution in [3.8, 4) is 0 Å². The summed E-state index contributed by atoms with van der Waals surface area (Å²) in [5, 5.41) is 2.83. The van der Waals surface area contributed by atoms with Crippen LogP contribution >= 0.6 is 0 Å². The highest BCUT2D eigenvalue weighted by Crippen LogP contribution is 2.25. The third kappa shape index (κ3) is 4.01. The third-order valence-electron chi connectivity index (χ3n) is 5.82. The number of carbonyl (C=O) groups is 2. The molecule has 2 aromatic carbocycles. The number of carbonyl (C=O) groups excluding carboxylic acids is 2. The average molecular weight is 406 g/mol. The van der Waals surface area contributed by atoms with Gasteiger partial charge in [-0.2, -0.15) is 0 Å². The first kappa shape index (κ1) is 19.9. The number of aryl methyl sites for hydroxylation is 1. The van der Waals surface area contributed by atoms with Crippen molar-refractivity contribution in [1.82, 2.24) is 19.8 Å². The lowest BCUT2D eigenvalue weighted by atomic mass is 10.0. The first-order valence-corrected chi connectivity index (χ1v) is 10.4. The minimum absolute atomic E-state index is 0.0322. The van der Waals surface area contributed by atoms with Gasteiger partial charge in [0.25, 0.3) is 5.91 Å². The molecule has 1 aromatic heterocycles. The van der Waals surface area contributed by atoms with Crippen molar-refractivity contribution >= 4 is 22.8 Å². The molecule has 0 atom stereocenters. The number of aromatic nitrogens is 2. The van der Waals surface area contributed by atoms with E-state index < -0.39 is 0 Å². The van der Waals surface area contributed by atoms with E-state index in [-0.39, 0.29) is 30.0 Å². The van der Waals surface area contributed by atoms with Gasteiger partial charge in [-0.05, 0) is 43.5 Å². The number of hydrogen-bond donors (Lipinski definition) is 2. The van der Waals surface area contributed by atoms with E-state index in [2.05, 4.69) is 10.3 Å². The highest BCUT2D eigenvalue weighted by molar-refractivity contribution is 5.95. The molecule has 156 valence electrons. The maximum atomic E-state index is 12.6. The second kappa shape index (κ2) is 8.57. The van der Waals surface area contributed by atoms with Gasteiger partial charge in [-0.15, -0.1) is 0 Å². The van der Waals surface area contributed by atoms with Crippen LogP contribution in [-0.2, 0) is 4.79 Å². The Labute approximate surface area is 174 Å². The molecule has 30 heavy (non-hydrogen) atoms. The van der Waals surface area contributed by atoms with Crippen molar-refractivity contribution in [3.05, 3.63) is 70.1 Å². The van der Waals surface area contributed by atoms with E-state index in [4.69, 9.17) is 0 Å². The highest BCUT2D eigenvalue weighted by Gasteiger charge is 2.25. The van der Waals surface area contributed by atoms with Crippen molar-refractivity contribution < 1.29 is 9.59 Å². The van der Waals surface area contributed by atoms with Crippen LogP contribution in [0, 0.1) is 6.92 Å². The van der Waals surface area contributed by atoms with Crippen molar-refractivity contribution in [2.24, 2.45) is 0 Å². The van der Waals surface area contributed by atoms with E-state index in [0.29, 0.717) is 25.2 Å². The molecule has 2 amide bonds. The summed E-state index contributed by atoms with van der Waals surface area (Å²) in [7, 11) is 0. The zero-order chi connectivity index (χ0) is 21.1. The summed E-state index contributed by atoms with van der Waals surface area (Å²) in [4.78, 5) is 41.9. The summed E-state index contributed by atoms with van der Waals surface area (Å²) in [5.74, 6) is -0.122. The number of fused-ring (bicyclic) bond motifs is 1. The topological polar surface area (TPSA) is 87.2 Å². The van der Waals surface area contributed by atoms with E-state index in [1.54, 1.807) is 6.07 Å². The van der Waals surface area contributed by atoms with Gasteiger partial charge in [0.05, 0.1) is 11.0 Å². The van der Waals surface area contributed by atoms with Crippen LogP contribution < -0.4 is 11.0 Å². The number of piperidine rings is 1. The Morgan fingerprint density at radius 2 is 1.77 bits per heavy atom. The molecule has 7 nitrogen and oxygen atoms in total. The van der Waals surface area contributed by atoms with Gasteiger partial charge in [-0.3, -0.25) is 14.2 Å². The second-order valence-electron chi connectivity index (χ2n) is 7.75. The lowest BCUT2D eigenvalue weighted by Crippen LogP contribution is -2.41. The standard InChI is InChI=1S/C23H26N4O3/c1-16-6-2-3-7-18(16)22(29)24-13-10-21(28)26-14-11-17(12-15-26)27-20-9-5-4-8-19(20)25-23(27)30/h2-9,17H,10-15H2,1H3,(H,24,29)(H,25,30). The van der Waals surface area contributed by atoms with E-state index in [1.165, 1.54) is 0 Å². The summed E-state index contributed by atoms with van der Waals surface area (Å²) in [5.41, 5.74) is 3.20. The fraction of sp³-hybridized carbons (Fsp3) is 0.348. The second-order valence-corrected chi connectivity index (χ2v) is 7.75. The number of para-hydroxylation sites is 2. The van der Waals surface area contributed by atoms with Crippen LogP contribution in [0.25, 0.3) is 11.0 Å². The fourth-order valence-electron chi connectivity index (χ4n) is 4.17. The maximum Gasteiger partial charge on any atom is 0.326 e. The molecule has 1 aliphatic rings. The summed E-state index contributed by atoms with van der Waals surface area (Å²) in [6.45, 7) is 3.43. The molecule has 2 N–H and O–H groups in total. The van der Waals surface area contributed by atoms with Gasteiger partial charge < -0.3 is 15.2 Å². The van der Waals surface area contributed by atoms with E-state index in [1.807, 2.05) is 58.9 Å². The minimum atomic E-state index is -0.154. The quantitative estimate of drug-likeness (QED) is 0.683. The lowest BCUT2D eigenvalue weighted by Gasteiger charge is -2.32. The van der Waals surface area contributed by atoms with Crippen molar-refractivity contribution in [1.29, 1.82) is 0 Å². The number of aromatic amines is 1. The number of benzene rings is 2. The summed E-state index contributed by atoms with van der Waals surface area (Å²) >= 11 is 0. The van der Waals surface area contributed by atoms with Crippen LogP contribution in [0.3, 0.4) is 0 Å². The number of H-pyrrole nitrogens is 1. The summed E-state index contributed by atoms with van der Waals surface area (Å²) in [6.07, 6.45) is 1.75. The molecule has 0 bridgehead atoms. The number of imidazole rings is 1. The monoisotopic (exact) mass is 406 g/mol. The van der Waals surface area contributed by atoms with Crippen LogP contribution in [0.5, 0.6) is 0 Å². The number of rotatable bonds is 5. The smallest absolute Gasteiger partial charge is 0.326 e. The molecule has 0 aliphatic carbocycles. The Kier molecular flexibility index (Phi) is 5.70. The normalized spacial score (nSPS) is 14.8. The molecule has 0 spiro atoms. The fourth-order valence-corrected chi connectivity index (χ4v) is 4.17. The number of nitrogens with zero attached hydrogens (tertiary/aromatic N) is 2.